The number of benzene rings is 1. The van der Waals surface area contributed by atoms with E-state index in [1.165, 1.54) is 0 Å². The maximum absolute atomic E-state index is 12.4. The first-order chi connectivity index (χ1) is 12.1. The van der Waals surface area contributed by atoms with Gasteiger partial charge < -0.3 is 15.0 Å². The van der Waals surface area contributed by atoms with Gasteiger partial charge in [-0.3, -0.25) is 14.6 Å². The molecule has 1 N–H and O–H groups in total. The Bertz CT molecular complexity index is 749. The molecule has 0 saturated heterocycles. The number of amides is 2. The number of carbonyl (C=O) groups is 2. The van der Waals surface area contributed by atoms with Crippen LogP contribution in [0, 0.1) is 0 Å². The first-order valence-electron chi connectivity index (χ1n) is 8.38. The molecule has 0 unspecified atom stereocenters. The Morgan fingerprint density at radius 3 is 2.92 bits per heavy atom. The van der Waals surface area contributed by atoms with Gasteiger partial charge in [-0.25, -0.2) is 0 Å². The van der Waals surface area contributed by atoms with Crippen LogP contribution in [0.4, 0.5) is 5.69 Å². The van der Waals surface area contributed by atoms with Crippen LogP contribution in [-0.2, 0) is 16.0 Å². The normalized spacial score (nSPS) is 16.1. The summed E-state index contributed by atoms with van der Waals surface area (Å²) >= 11 is 0. The fraction of sp³-hybridized carbons (Fsp3) is 0.316. The molecule has 1 aliphatic heterocycles. The molecule has 1 aromatic heterocycles. The monoisotopic (exact) mass is 339 g/mol. The summed E-state index contributed by atoms with van der Waals surface area (Å²) in [5, 5.41) is 2.88. The molecule has 0 spiro atoms. The summed E-state index contributed by atoms with van der Waals surface area (Å²) in [5.74, 6) is 0.474. The van der Waals surface area contributed by atoms with Crippen LogP contribution in [0.3, 0.4) is 0 Å². The van der Waals surface area contributed by atoms with Gasteiger partial charge in [0.25, 0.3) is 5.91 Å². The molecular weight excluding hydrogens is 318 g/mol. The number of rotatable bonds is 6. The van der Waals surface area contributed by atoms with E-state index in [1.807, 2.05) is 36.4 Å². The summed E-state index contributed by atoms with van der Waals surface area (Å²) in [4.78, 5) is 30.1. The minimum absolute atomic E-state index is 0.0756. The van der Waals surface area contributed by atoms with Crippen molar-refractivity contribution in [2.45, 2.75) is 25.9 Å². The summed E-state index contributed by atoms with van der Waals surface area (Å²) < 4.78 is 5.60. The number of fused-ring (bicyclic) bond motifs is 1. The molecule has 2 amide bonds. The second-order valence-electron chi connectivity index (χ2n) is 5.93. The van der Waals surface area contributed by atoms with Crippen LogP contribution in [0.2, 0.25) is 0 Å². The van der Waals surface area contributed by atoms with E-state index in [9.17, 15) is 9.59 Å². The molecule has 2 heterocycles. The smallest absolute Gasteiger partial charge is 0.267 e. The molecule has 0 saturated carbocycles. The molecule has 0 bridgehead atoms. The molecule has 0 radical (unpaired) electrons. The van der Waals surface area contributed by atoms with E-state index in [4.69, 9.17) is 4.74 Å². The van der Waals surface area contributed by atoms with Crippen molar-refractivity contribution >= 4 is 17.5 Å². The lowest BCUT2D eigenvalue weighted by Gasteiger charge is -2.32. The van der Waals surface area contributed by atoms with Crippen molar-refractivity contribution in [3.63, 3.8) is 0 Å². The second kappa shape index (κ2) is 7.79. The van der Waals surface area contributed by atoms with Crippen LogP contribution in [0.15, 0.2) is 48.8 Å². The lowest BCUT2D eigenvalue weighted by Crippen LogP contribution is -2.45. The number of hydrogen-bond acceptors (Lipinski definition) is 4. The zero-order valence-electron chi connectivity index (χ0n) is 14.1. The molecule has 0 aliphatic carbocycles. The average molecular weight is 339 g/mol. The minimum Gasteiger partial charge on any atom is -0.479 e. The summed E-state index contributed by atoms with van der Waals surface area (Å²) in [6.07, 6.45) is 3.95. The number of nitrogens with zero attached hydrogens (tertiary/aromatic N) is 2. The van der Waals surface area contributed by atoms with Gasteiger partial charge >= 0.3 is 0 Å². The Balaban J connectivity index is 1.52. The van der Waals surface area contributed by atoms with Gasteiger partial charge in [0.2, 0.25) is 5.91 Å². The van der Waals surface area contributed by atoms with Crippen molar-refractivity contribution in [2.75, 3.05) is 18.0 Å². The van der Waals surface area contributed by atoms with E-state index in [2.05, 4.69) is 10.3 Å². The molecule has 0 fully saturated rings. The van der Waals surface area contributed by atoms with Gasteiger partial charge in [0.1, 0.15) is 5.75 Å². The van der Waals surface area contributed by atoms with E-state index in [1.54, 1.807) is 24.2 Å². The molecule has 3 rings (SSSR count). The van der Waals surface area contributed by atoms with E-state index < -0.39 is 6.10 Å². The van der Waals surface area contributed by atoms with Crippen LogP contribution in [0.25, 0.3) is 0 Å². The SMILES string of the molecule is C[C@H]1Oc2ccccc2N(CCC(=O)NCCc2cccnc2)C1=O. The predicted octanol–water partition coefficient (Wildman–Crippen LogP) is 1.94. The summed E-state index contributed by atoms with van der Waals surface area (Å²) in [6.45, 7) is 2.61. The van der Waals surface area contributed by atoms with Crippen molar-refractivity contribution in [3.05, 3.63) is 54.4 Å². The van der Waals surface area contributed by atoms with Crippen molar-refractivity contribution in [1.29, 1.82) is 0 Å². The largest absolute Gasteiger partial charge is 0.479 e. The minimum atomic E-state index is -0.538. The van der Waals surface area contributed by atoms with Gasteiger partial charge in [0.15, 0.2) is 6.10 Å². The predicted molar refractivity (Wildman–Crippen MR) is 94.5 cm³/mol. The molecule has 6 heteroatoms. The highest BCUT2D eigenvalue weighted by Gasteiger charge is 2.31. The molecule has 1 atom stereocenters. The molecule has 6 nitrogen and oxygen atoms in total. The lowest BCUT2D eigenvalue weighted by atomic mass is 10.1. The van der Waals surface area contributed by atoms with Crippen molar-refractivity contribution in [1.82, 2.24) is 10.3 Å². The van der Waals surface area contributed by atoms with Crippen molar-refractivity contribution < 1.29 is 14.3 Å². The summed E-state index contributed by atoms with van der Waals surface area (Å²) in [5.41, 5.74) is 1.79. The van der Waals surface area contributed by atoms with Crippen molar-refractivity contribution in [3.8, 4) is 5.75 Å². The molecule has 25 heavy (non-hydrogen) atoms. The second-order valence-corrected chi connectivity index (χ2v) is 5.93. The highest BCUT2D eigenvalue weighted by molar-refractivity contribution is 6.00. The molecule has 1 aliphatic rings. The third-order valence-electron chi connectivity index (χ3n) is 4.09. The Hall–Kier alpha value is -2.89. The number of hydrogen-bond donors (Lipinski definition) is 1. The number of anilines is 1. The van der Waals surface area contributed by atoms with Crippen molar-refractivity contribution in [2.24, 2.45) is 0 Å². The number of para-hydroxylation sites is 2. The number of pyridine rings is 1. The van der Waals surface area contributed by atoms with Crippen LogP contribution in [0.1, 0.15) is 18.9 Å². The van der Waals surface area contributed by atoms with E-state index in [0.717, 1.165) is 12.0 Å². The Labute approximate surface area is 146 Å². The number of ether oxygens (including phenoxy) is 1. The van der Waals surface area contributed by atoms with Crippen LogP contribution in [-0.4, -0.2) is 36.0 Å². The molecule has 130 valence electrons. The third kappa shape index (κ3) is 4.15. The first kappa shape index (κ1) is 17.0. The van der Waals surface area contributed by atoms with Gasteiger partial charge in [0, 0.05) is 31.9 Å². The van der Waals surface area contributed by atoms with Crippen LogP contribution in [0.5, 0.6) is 5.75 Å². The zero-order chi connectivity index (χ0) is 17.6. The number of aromatic nitrogens is 1. The Morgan fingerprint density at radius 1 is 1.28 bits per heavy atom. The van der Waals surface area contributed by atoms with Gasteiger partial charge in [-0.15, -0.1) is 0 Å². The molecule has 2 aromatic rings. The third-order valence-corrected chi connectivity index (χ3v) is 4.09. The average Bonchev–Trinajstić information content (AvgIpc) is 2.63. The number of nitrogens with one attached hydrogen (secondary N) is 1. The summed E-state index contributed by atoms with van der Waals surface area (Å²) in [7, 11) is 0. The fourth-order valence-corrected chi connectivity index (χ4v) is 2.78. The van der Waals surface area contributed by atoms with Gasteiger partial charge in [-0.2, -0.15) is 0 Å². The van der Waals surface area contributed by atoms with E-state index >= 15 is 0 Å². The highest BCUT2D eigenvalue weighted by atomic mass is 16.5. The topological polar surface area (TPSA) is 71.5 Å². The standard InChI is InChI=1S/C19H21N3O3/c1-14-19(24)22(16-6-2-3-7-17(16)25-14)12-9-18(23)21-11-8-15-5-4-10-20-13-15/h2-7,10,13-14H,8-9,11-12H2,1H3,(H,21,23)/t14-/m1/s1. The van der Waals surface area contributed by atoms with E-state index in [0.29, 0.717) is 24.5 Å². The molecule has 1 aromatic carbocycles. The summed E-state index contributed by atoms with van der Waals surface area (Å²) in [6, 6.07) is 11.2. The van der Waals surface area contributed by atoms with Gasteiger partial charge in [-0.05, 0) is 37.1 Å². The quantitative estimate of drug-likeness (QED) is 0.873. The van der Waals surface area contributed by atoms with Gasteiger partial charge in [-0.1, -0.05) is 18.2 Å². The molecular formula is C19H21N3O3. The fourth-order valence-electron chi connectivity index (χ4n) is 2.78. The van der Waals surface area contributed by atoms with Crippen LogP contribution < -0.4 is 15.0 Å². The van der Waals surface area contributed by atoms with E-state index in [-0.39, 0.29) is 18.2 Å². The number of carbonyl (C=O) groups excluding carboxylic acids is 2. The maximum Gasteiger partial charge on any atom is 0.267 e. The lowest BCUT2D eigenvalue weighted by molar-refractivity contribution is -0.125. The van der Waals surface area contributed by atoms with Crippen LogP contribution >= 0.6 is 0 Å². The Kier molecular flexibility index (Phi) is 5.28. The Morgan fingerprint density at radius 2 is 2.12 bits per heavy atom. The maximum atomic E-state index is 12.4. The first-order valence-corrected chi connectivity index (χ1v) is 8.38. The zero-order valence-corrected chi connectivity index (χ0v) is 14.1. The highest BCUT2D eigenvalue weighted by Crippen LogP contribution is 2.33. The van der Waals surface area contributed by atoms with Gasteiger partial charge in [0.05, 0.1) is 5.69 Å².